The van der Waals surface area contributed by atoms with Crippen molar-refractivity contribution >= 4 is 23.2 Å². The fourth-order valence-electron chi connectivity index (χ4n) is 4.22. The zero-order valence-corrected chi connectivity index (χ0v) is 19.3. The fourth-order valence-corrected chi connectivity index (χ4v) is 5.01. The maximum atomic E-state index is 13.5. The number of hydrogen-bond donors (Lipinski definition) is 1. The summed E-state index contributed by atoms with van der Waals surface area (Å²) in [6, 6.07) is 12.4. The second kappa shape index (κ2) is 9.61. The van der Waals surface area contributed by atoms with E-state index in [9.17, 15) is 9.59 Å². The molecule has 2 amide bonds. The molecule has 3 aromatic rings. The molecule has 1 aliphatic rings. The van der Waals surface area contributed by atoms with Crippen molar-refractivity contribution in [1.29, 1.82) is 0 Å². The first-order valence-electron chi connectivity index (χ1n) is 10.9. The molecule has 0 spiro atoms. The molecule has 0 aliphatic carbocycles. The van der Waals surface area contributed by atoms with Gasteiger partial charge in [0.25, 0.3) is 5.91 Å². The predicted octanol–water partition coefficient (Wildman–Crippen LogP) is 4.05. The predicted molar refractivity (Wildman–Crippen MR) is 126 cm³/mol. The average molecular weight is 449 g/mol. The quantitative estimate of drug-likeness (QED) is 0.592. The summed E-state index contributed by atoms with van der Waals surface area (Å²) in [4.78, 5) is 37.6. The van der Waals surface area contributed by atoms with Crippen LogP contribution < -0.4 is 5.32 Å². The highest BCUT2D eigenvalue weighted by atomic mass is 32.1. The van der Waals surface area contributed by atoms with E-state index < -0.39 is 5.41 Å². The van der Waals surface area contributed by atoms with Crippen molar-refractivity contribution in [2.24, 2.45) is 11.3 Å². The summed E-state index contributed by atoms with van der Waals surface area (Å²) in [5, 5.41) is 5.20. The summed E-state index contributed by atoms with van der Waals surface area (Å²) in [5.41, 5.74) is 1.91. The number of hydrogen-bond acceptors (Lipinski definition) is 5. The van der Waals surface area contributed by atoms with Crippen LogP contribution in [0.15, 0.2) is 60.4 Å². The molecule has 1 N–H and O–H groups in total. The Bertz CT molecular complexity index is 1070. The minimum absolute atomic E-state index is 0.0154. The third kappa shape index (κ3) is 4.72. The number of amides is 2. The molecule has 4 rings (SSSR count). The number of rotatable bonds is 7. The molecule has 2 aromatic heterocycles. The molecule has 7 heteroatoms. The van der Waals surface area contributed by atoms with Crippen LogP contribution in [0.1, 0.15) is 36.3 Å². The highest BCUT2D eigenvalue weighted by Gasteiger charge is 2.46. The van der Waals surface area contributed by atoms with Crippen molar-refractivity contribution < 1.29 is 9.59 Å². The van der Waals surface area contributed by atoms with Crippen molar-refractivity contribution in [3.63, 3.8) is 0 Å². The molecule has 166 valence electrons. The van der Waals surface area contributed by atoms with E-state index in [0.717, 1.165) is 11.1 Å². The lowest BCUT2D eigenvalue weighted by Gasteiger charge is -2.29. The van der Waals surface area contributed by atoms with Gasteiger partial charge in [-0.2, -0.15) is 0 Å². The first-order valence-corrected chi connectivity index (χ1v) is 11.8. The van der Waals surface area contributed by atoms with Gasteiger partial charge in [0.05, 0.1) is 11.6 Å². The van der Waals surface area contributed by atoms with Crippen molar-refractivity contribution in [3.05, 3.63) is 71.6 Å². The average Bonchev–Trinajstić information content (AvgIpc) is 3.49. The molecule has 3 heterocycles. The molecule has 1 aliphatic heterocycles. The molecular weight excluding hydrogens is 420 g/mol. The van der Waals surface area contributed by atoms with Gasteiger partial charge in [-0.3, -0.25) is 14.6 Å². The number of carbonyl (C=O) groups is 2. The Morgan fingerprint density at radius 1 is 1.19 bits per heavy atom. The minimum atomic E-state index is -0.680. The van der Waals surface area contributed by atoms with Gasteiger partial charge in [-0.15, -0.1) is 11.3 Å². The molecule has 0 saturated carbocycles. The minimum Gasteiger partial charge on any atom is -0.355 e. The van der Waals surface area contributed by atoms with Crippen LogP contribution in [0, 0.1) is 11.3 Å². The molecule has 32 heavy (non-hydrogen) atoms. The summed E-state index contributed by atoms with van der Waals surface area (Å²) in [6.45, 7) is 5.66. The normalized spacial score (nSPS) is 18.2. The summed E-state index contributed by atoms with van der Waals surface area (Å²) in [5.74, 6) is 0.193. The largest absolute Gasteiger partial charge is 0.355 e. The van der Waals surface area contributed by atoms with Crippen molar-refractivity contribution in [3.8, 4) is 10.4 Å². The number of likely N-dealkylation sites (tertiary alicyclic amines) is 1. The van der Waals surface area contributed by atoms with E-state index in [1.54, 1.807) is 22.4 Å². The van der Waals surface area contributed by atoms with Gasteiger partial charge in [0.2, 0.25) is 5.91 Å². The number of nitrogens with zero attached hydrogens (tertiary/aromatic N) is 3. The van der Waals surface area contributed by atoms with Crippen LogP contribution in [0.25, 0.3) is 10.4 Å². The van der Waals surface area contributed by atoms with Gasteiger partial charge >= 0.3 is 0 Å². The van der Waals surface area contributed by atoms with Gasteiger partial charge in [-0.05, 0) is 41.3 Å². The van der Waals surface area contributed by atoms with E-state index in [2.05, 4.69) is 52.7 Å². The first-order chi connectivity index (χ1) is 15.5. The Morgan fingerprint density at radius 3 is 2.75 bits per heavy atom. The fraction of sp³-hybridized carbons (Fsp3) is 0.360. The van der Waals surface area contributed by atoms with Crippen LogP contribution in [0.2, 0.25) is 0 Å². The third-order valence-corrected chi connectivity index (χ3v) is 6.81. The highest BCUT2D eigenvalue weighted by molar-refractivity contribution is 7.13. The van der Waals surface area contributed by atoms with Gasteiger partial charge in [-0.25, -0.2) is 4.98 Å². The van der Waals surface area contributed by atoms with Crippen molar-refractivity contribution in [2.75, 3.05) is 19.6 Å². The van der Waals surface area contributed by atoms with Crippen LogP contribution in [0.4, 0.5) is 0 Å². The summed E-state index contributed by atoms with van der Waals surface area (Å²) in [7, 11) is 0. The van der Waals surface area contributed by atoms with Crippen LogP contribution in [-0.2, 0) is 11.2 Å². The lowest BCUT2D eigenvalue weighted by molar-refractivity contribution is -0.130. The molecule has 1 unspecified atom stereocenters. The first kappa shape index (κ1) is 22.1. The molecule has 1 aromatic carbocycles. The molecule has 0 radical (unpaired) electrons. The van der Waals surface area contributed by atoms with E-state index >= 15 is 0 Å². The van der Waals surface area contributed by atoms with Gasteiger partial charge < -0.3 is 10.2 Å². The lowest BCUT2D eigenvalue weighted by Crippen LogP contribution is -2.46. The van der Waals surface area contributed by atoms with Gasteiger partial charge in [-0.1, -0.05) is 44.2 Å². The topological polar surface area (TPSA) is 75.2 Å². The summed E-state index contributed by atoms with van der Waals surface area (Å²) in [6.07, 6.45) is 5.74. The summed E-state index contributed by atoms with van der Waals surface area (Å²) < 4.78 is 0. The van der Waals surface area contributed by atoms with Crippen LogP contribution >= 0.6 is 11.3 Å². The van der Waals surface area contributed by atoms with Gasteiger partial charge in [0.1, 0.15) is 5.69 Å². The smallest absolute Gasteiger partial charge is 0.274 e. The molecule has 1 saturated heterocycles. The van der Waals surface area contributed by atoms with Gasteiger partial charge in [0, 0.05) is 36.9 Å². The Kier molecular flexibility index (Phi) is 6.65. The highest BCUT2D eigenvalue weighted by Crippen LogP contribution is 2.38. The van der Waals surface area contributed by atoms with Crippen LogP contribution in [0.3, 0.4) is 0 Å². The van der Waals surface area contributed by atoms with Gasteiger partial charge in [0.15, 0.2) is 0 Å². The molecule has 0 bridgehead atoms. The molecule has 1 fully saturated rings. The van der Waals surface area contributed by atoms with E-state index in [4.69, 9.17) is 0 Å². The van der Waals surface area contributed by atoms with Crippen LogP contribution in [0.5, 0.6) is 0 Å². The maximum Gasteiger partial charge on any atom is 0.274 e. The van der Waals surface area contributed by atoms with E-state index in [0.29, 0.717) is 44.1 Å². The third-order valence-electron chi connectivity index (χ3n) is 5.91. The molecular formula is C25H28N4O2S. The number of aromatic nitrogens is 2. The van der Waals surface area contributed by atoms with E-state index in [1.807, 2.05) is 18.2 Å². The molecule has 6 nitrogen and oxygen atoms in total. The molecule has 1 atom stereocenters. The number of carbonyl (C=O) groups excluding carboxylic acids is 2. The van der Waals surface area contributed by atoms with Crippen molar-refractivity contribution in [2.45, 2.75) is 26.7 Å². The number of thiophene rings is 1. The SMILES string of the molecule is CC(C)CNC(=O)C1(Cc2ccccc2-c2cccs2)CCN(C(=O)c2cnccn2)C1. The second-order valence-corrected chi connectivity index (χ2v) is 9.71. The van der Waals surface area contributed by atoms with Crippen molar-refractivity contribution in [1.82, 2.24) is 20.2 Å². The standard InChI is InChI=1S/C25H28N4O2S/c1-18(2)15-28-24(31)25(9-12-29(17-25)23(30)21-16-26-10-11-27-21)14-19-6-3-4-7-20(19)22-8-5-13-32-22/h3-8,10-11,13,16,18H,9,12,14-15,17H2,1-2H3,(H,28,31). The second-order valence-electron chi connectivity index (χ2n) is 8.76. The Hall–Kier alpha value is -3.06. The lowest BCUT2D eigenvalue weighted by atomic mass is 9.78. The Balaban J connectivity index is 1.63. The number of nitrogens with one attached hydrogen (secondary N) is 1. The zero-order chi connectivity index (χ0) is 22.6. The monoisotopic (exact) mass is 448 g/mol. The maximum absolute atomic E-state index is 13.5. The van der Waals surface area contributed by atoms with E-state index in [-0.39, 0.29) is 11.8 Å². The summed E-state index contributed by atoms with van der Waals surface area (Å²) >= 11 is 1.69. The zero-order valence-electron chi connectivity index (χ0n) is 18.5. The van der Waals surface area contributed by atoms with Crippen LogP contribution in [-0.4, -0.2) is 46.3 Å². The Morgan fingerprint density at radius 2 is 2.03 bits per heavy atom. The Labute approximate surface area is 192 Å². The number of benzene rings is 1. The van der Waals surface area contributed by atoms with E-state index in [1.165, 1.54) is 17.3 Å².